The predicted molar refractivity (Wildman–Crippen MR) is 125 cm³/mol. The van der Waals surface area contributed by atoms with Crippen LogP contribution in [-0.2, 0) is 16.1 Å². The molecule has 160 valence electrons. The largest absolute Gasteiger partial charge is 0.382 e. The van der Waals surface area contributed by atoms with E-state index < -0.39 is 0 Å². The van der Waals surface area contributed by atoms with Crippen LogP contribution in [0.5, 0.6) is 0 Å². The quantitative estimate of drug-likeness (QED) is 0.297. The van der Waals surface area contributed by atoms with Crippen LogP contribution in [0.25, 0.3) is 10.2 Å². The standard InChI is InChI=1S/C22H27N3O3S2/c1-5-28-12-8-11-25-21(27)19-15(3)16(4)30-20(19)24-22(25)29-13-18(26)23-17-10-7-6-9-14(17)2/h6-7,9-10H,5,8,11-13H2,1-4H3,(H,23,26). The summed E-state index contributed by atoms with van der Waals surface area (Å²) in [6, 6.07) is 7.66. The highest BCUT2D eigenvalue weighted by atomic mass is 32.2. The van der Waals surface area contributed by atoms with Crippen LogP contribution in [-0.4, -0.2) is 34.4 Å². The zero-order chi connectivity index (χ0) is 21.7. The molecule has 1 aromatic carbocycles. The normalized spacial score (nSPS) is 11.2. The molecule has 1 amide bonds. The van der Waals surface area contributed by atoms with Gasteiger partial charge in [0.05, 0.1) is 11.1 Å². The Kier molecular flexibility index (Phi) is 7.69. The van der Waals surface area contributed by atoms with Gasteiger partial charge in [0.25, 0.3) is 5.56 Å². The van der Waals surface area contributed by atoms with Gasteiger partial charge in [0, 0.05) is 30.3 Å². The molecule has 6 nitrogen and oxygen atoms in total. The molecule has 0 spiro atoms. The van der Waals surface area contributed by atoms with Gasteiger partial charge in [-0.25, -0.2) is 4.98 Å². The number of hydrogen-bond acceptors (Lipinski definition) is 6. The Bertz CT molecular complexity index is 1100. The van der Waals surface area contributed by atoms with Gasteiger partial charge >= 0.3 is 0 Å². The fourth-order valence-electron chi connectivity index (χ4n) is 3.11. The second kappa shape index (κ2) is 10.2. The van der Waals surface area contributed by atoms with E-state index in [0.717, 1.165) is 26.5 Å². The van der Waals surface area contributed by atoms with Crippen LogP contribution in [0.3, 0.4) is 0 Å². The number of thiophene rings is 1. The Hall–Kier alpha value is -2.16. The van der Waals surface area contributed by atoms with Crippen LogP contribution in [0.15, 0.2) is 34.2 Å². The molecule has 0 radical (unpaired) electrons. The van der Waals surface area contributed by atoms with Crippen LogP contribution in [0.2, 0.25) is 0 Å². The molecule has 0 bridgehead atoms. The summed E-state index contributed by atoms with van der Waals surface area (Å²) in [5.41, 5.74) is 2.75. The molecule has 1 N–H and O–H groups in total. The van der Waals surface area contributed by atoms with Crippen LogP contribution < -0.4 is 10.9 Å². The van der Waals surface area contributed by atoms with Gasteiger partial charge in [-0.2, -0.15) is 0 Å². The van der Waals surface area contributed by atoms with Gasteiger partial charge in [0.15, 0.2) is 5.16 Å². The first-order valence-corrected chi connectivity index (χ1v) is 11.8. The summed E-state index contributed by atoms with van der Waals surface area (Å²) in [5, 5.41) is 4.19. The van der Waals surface area contributed by atoms with E-state index in [-0.39, 0.29) is 17.2 Å². The third-order valence-corrected chi connectivity index (χ3v) is 6.96. The highest BCUT2D eigenvalue weighted by molar-refractivity contribution is 7.99. The van der Waals surface area contributed by atoms with E-state index in [2.05, 4.69) is 5.32 Å². The number of carbonyl (C=O) groups is 1. The van der Waals surface area contributed by atoms with Crippen molar-refractivity contribution in [3.8, 4) is 0 Å². The number of hydrogen-bond donors (Lipinski definition) is 1. The van der Waals surface area contributed by atoms with Gasteiger partial charge in [-0.3, -0.25) is 14.2 Å². The molecule has 0 aliphatic heterocycles. The van der Waals surface area contributed by atoms with Crippen LogP contribution in [0, 0.1) is 20.8 Å². The Morgan fingerprint density at radius 2 is 2.03 bits per heavy atom. The molecule has 2 heterocycles. The Balaban J connectivity index is 1.82. The third-order valence-electron chi connectivity index (χ3n) is 4.88. The number of aromatic nitrogens is 2. The molecule has 0 unspecified atom stereocenters. The molecule has 0 atom stereocenters. The highest BCUT2D eigenvalue weighted by Gasteiger charge is 2.17. The first-order chi connectivity index (χ1) is 14.4. The Morgan fingerprint density at radius 3 is 2.77 bits per heavy atom. The van der Waals surface area contributed by atoms with Crippen molar-refractivity contribution in [1.29, 1.82) is 0 Å². The summed E-state index contributed by atoms with van der Waals surface area (Å²) in [6.07, 6.45) is 0.714. The molecule has 3 aromatic rings. The number of anilines is 1. The number of benzene rings is 1. The number of fused-ring (bicyclic) bond motifs is 1. The molecule has 0 saturated heterocycles. The smallest absolute Gasteiger partial charge is 0.263 e. The van der Waals surface area contributed by atoms with Crippen LogP contribution >= 0.6 is 23.1 Å². The molecule has 0 aliphatic carbocycles. The second-order valence-electron chi connectivity index (χ2n) is 7.02. The van der Waals surface area contributed by atoms with Gasteiger partial charge in [-0.1, -0.05) is 30.0 Å². The average Bonchev–Trinajstić information content (AvgIpc) is 3.00. The lowest BCUT2D eigenvalue weighted by atomic mass is 10.2. The second-order valence-corrected chi connectivity index (χ2v) is 9.16. The maximum Gasteiger partial charge on any atom is 0.263 e. The molecule has 2 aromatic heterocycles. The summed E-state index contributed by atoms with van der Waals surface area (Å²) in [7, 11) is 0. The predicted octanol–water partition coefficient (Wildman–Crippen LogP) is 4.54. The fraction of sp³-hybridized carbons (Fsp3) is 0.409. The molecular formula is C22H27N3O3S2. The number of carbonyl (C=O) groups excluding carboxylic acids is 1. The van der Waals surface area contributed by atoms with E-state index in [1.807, 2.05) is 52.0 Å². The Morgan fingerprint density at radius 1 is 1.27 bits per heavy atom. The van der Waals surface area contributed by atoms with Crippen molar-refractivity contribution in [2.75, 3.05) is 24.3 Å². The number of thioether (sulfide) groups is 1. The summed E-state index contributed by atoms with van der Waals surface area (Å²) in [5.74, 6) is 0.0595. The van der Waals surface area contributed by atoms with Crippen molar-refractivity contribution in [3.63, 3.8) is 0 Å². The summed E-state index contributed by atoms with van der Waals surface area (Å²) < 4.78 is 7.11. The number of ether oxygens (including phenoxy) is 1. The number of nitrogens with zero attached hydrogens (tertiary/aromatic N) is 2. The lowest BCUT2D eigenvalue weighted by Gasteiger charge is -2.13. The van der Waals surface area contributed by atoms with Crippen molar-refractivity contribution < 1.29 is 9.53 Å². The minimum Gasteiger partial charge on any atom is -0.382 e. The van der Waals surface area contributed by atoms with Gasteiger partial charge < -0.3 is 10.1 Å². The minimum absolute atomic E-state index is 0.0415. The molecule has 0 saturated carbocycles. The van der Waals surface area contributed by atoms with E-state index in [9.17, 15) is 9.59 Å². The lowest BCUT2D eigenvalue weighted by Crippen LogP contribution is -2.25. The van der Waals surface area contributed by atoms with Gasteiger partial charge in [0.2, 0.25) is 5.91 Å². The topological polar surface area (TPSA) is 73.2 Å². The molecule has 0 fully saturated rings. The van der Waals surface area contributed by atoms with Gasteiger partial charge in [-0.15, -0.1) is 11.3 Å². The number of amides is 1. The van der Waals surface area contributed by atoms with Crippen molar-refractivity contribution >= 4 is 44.9 Å². The van der Waals surface area contributed by atoms with E-state index >= 15 is 0 Å². The molecule has 0 aliphatic rings. The van der Waals surface area contributed by atoms with E-state index in [1.54, 1.807) is 4.57 Å². The number of aryl methyl sites for hydroxylation is 3. The van der Waals surface area contributed by atoms with E-state index in [1.165, 1.54) is 23.1 Å². The number of para-hydroxylation sites is 1. The van der Waals surface area contributed by atoms with Crippen molar-refractivity contribution in [1.82, 2.24) is 9.55 Å². The molecule has 3 rings (SSSR count). The van der Waals surface area contributed by atoms with Crippen molar-refractivity contribution in [2.24, 2.45) is 0 Å². The minimum atomic E-state index is -0.122. The summed E-state index contributed by atoms with van der Waals surface area (Å²) in [6.45, 7) is 9.61. The molecule has 8 heteroatoms. The number of rotatable bonds is 9. The first-order valence-electron chi connectivity index (χ1n) is 9.99. The lowest BCUT2D eigenvalue weighted by molar-refractivity contribution is -0.113. The van der Waals surface area contributed by atoms with Crippen LogP contribution in [0.4, 0.5) is 5.69 Å². The summed E-state index contributed by atoms with van der Waals surface area (Å²) >= 11 is 2.82. The van der Waals surface area contributed by atoms with Crippen molar-refractivity contribution in [2.45, 2.75) is 45.8 Å². The van der Waals surface area contributed by atoms with Crippen LogP contribution in [0.1, 0.15) is 29.3 Å². The highest BCUT2D eigenvalue weighted by Crippen LogP contribution is 2.28. The first kappa shape index (κ1) is 22.5. The molecule has 30 heavy (non-hydrogen) atoms. The maximum absolute atomic E-state index is 13.2. The van der Waals surface area contributed by atoms with Crippen molar-refractivity contribution in [3.05, 3.63) is 50.6 Å². The fourth-order valence-corrected chi connectivity index (χ4v) is 5.01. The van der Waals surface area contributed by atoms with E-state index in [0.29, 0.717) is 36.7 Å². The Labute approximate surface area is 184 Å². The SMILES string of the molecule is CCOCCCn1c(SCC(=O)Nc2ccccc2C)nc2sc(C)c(C)c2c1=O. The summed E-state index contributed by atoms with van der Waals surface area (Å²) in [4.78, 5) is 32.3. The number of nitrogens with one attached hydrogen (secondary N) is 1. The monoisotopic (exact) mass is 445 g/mol. The zero-order valence-corrected chi connectivity index (χ0v) is 19.4. The van der Waals surface area contributed by atoms with Gasteiger partial charge in [-0.05, 0) is 51.3 Å². The zero-order valence-electron chi connectivity index (χ0n) is 17.8. The average molecular weight is 446 g/mol. The maximum atomic E-state index is 13.2. The molecular weight excluding hydrogens is 418 g/mol. The van der Waals surface area contributed by atoms with E-state index in [4.69, 9.17) is 9.72 Å². The van der Waals surface area contributed by atoms with Gasteiger partial charge in [0.1, 0.15) is 4.83 Å². The third kappa shape index (κ3) is 5.11.